The first-order chi connectivity index (χ1) is 10.3. The summed E-state index contributed by atoms with van der Waals surface area (Å²) in [6.07, 6.45) is 1.24. The maximum absolute atomic E-state index is 6.03. The molecule has 0 atom stereocenters. The quantitative estimate of drug-likeness (QED) is 0.917. The molecule has 4 heteroatoms. The van der Waals surface area contributed by atoms with Crippen LogP contribution in [-0.4, -0.2) is 42.5 Å². The predicted molar refractivity (Wildman–Crippen MR) is 86.1 cm³/mol. The first kappa shape index (κ1) is 14.6. The molecule has 1 aliphatic heterocycles. The van der Waals surface area contributed by atoms with Crippen molar-refractivity contribution in [3.05, 3.63) is 35.6 Å². The number of furan rings is 1. The number of rotatable bonds is 5. The smallest absolute Gasteiger partial charge is 0.134 e. The lowest BCUT2D eigenvalue weighted by molar-refractivity contribution is 0.121. The monoisotopic (exact) mass is 287 g/mol. The fraction of sp³-hybridized carbons (Fsp3) is 0.529. The maximum Gasteiger partial charge on any atom is 0.134 e. The first-order valence-electron chi connectivity index (χ1n) is 7.96. The van der Waals surface area contributed by atoms with Crippen LogP contribution < -0.4 is 5.73 Å². The van der Waals surface area contributed by atoms with E-state index in [9.17, 15) is 0 Å². The van der Waals surface area contributed by atoms with Gasteiger partial charge in [0, 0.05) is 43.7 Å². The van der Waals surface area contributed by atoms with Crippen LogP contribution in [0, 0.1) is 0 Å². The molecule has 1 aliphatic rings. The van der Waals surface area contributed by atoms with E-state index in [0.717, 1.165) is 44.1 Å². The second-order valence-corrected chi connectivity index (χ2v) is 5.82. The SMILES string of the molecule is CCCN1CCN(Cc2oc3ccccc3c2CN)CC1. The molecule has 0 amide bonds. The lowest BCUT2D eigenvalue weighted by Gasteiger charge is -2.34. The molecule has 2 N–H and O–H groups in total. The van der Waals surface area contributed by atoms with Gasteiger partial charge in [0.25, 0.3) is 0 Å². The molecule has 1 fully saturated rings. The third kappa shape index (κ3) is 3.12. The number of fused-ring (bicyclic) bond motifs is 1. The van der Waals surface area contributed by atoms with Crippen LogP contribution in [0.25, 0.3) is 11.0 Å². The zero-order valence-electron chi connectivity index (χ0n) is 12.8. The number of piperazine rings is 1. The summed E-state index contributed by atoms with van der Waals surface area (Å²) in [7, 11) is 0. The summed E-state index contributed by atoms with van der Waals surface area (Å²) in [4.78, 5) is 5.02. The summed E-state index contributed by atoms with van der Waals surface area (Å²) in [5, 5.41) is 1.17. The molecular formula is C17H25N3O. The van der Waals surface area contributed by atoms with E-state index in [1.807, 2.05) is 18.2 Å². The Hall–Kier alpha value is -1.36. The van der Waals surface area contributed by atoms with E-state index < -0.39 is 0 Å². The molecule has 3 rings (SSSR count). The Kier molecular flexibility index (Phi) is 4.58. The van der Waals surface area contributed by atoms with Crippen molar-refractivity contribution in [3.63, 3.8) is 0 Å². The van der Waals surface area contributed by atoms with Gasteiger partial charge in [0.2, 0.25) is 0 Å². The van der Waals surface area contributed by atoms with E-state index >= 15 is 0 Å². The van der Waals surface area contributed by atoms with E-state index in [1.165, 1.54) is 23.9 Å². The third-order valence-corrected chi connectivity index (χ3v) is 4.36. The van der Waals surface area contributed by atoms with E-state index in [2.05, 4.69) is 22.8 Å². The first-order valence-corrected chi connectivity index (χ1v) is 7.96. The molecule has 0 bridgehead atoms. The van der Waals surface area contributed by atoms with Gasteiger partial charge in [-0.3, -0.25) is 4.90 Å². The molecule has 4 nitrogen and oxygen atoms in total. The van der Waals surface area contributed by atoms with Crippen LogP contribution in [0.15, 0.2) is 28.7 Å². The second-order valence-electron chi connectivity index (χ2n) is 5.82. The summed E-state index contributed by atoms with van der Waals surface area (Å²) >= 11 is 0. The van der Waals surface area contributed by atoms with Crippen molar-refractivity contribution in [2.45, 2.75) is 26.4 Å². The predicted octanol–water partition coefficient (Wildman–Crippen LogP) is 2.42. The normalized spacial score (nSPS) is 17.6. The third-order valence-electron chi connectivity index (χ3n) is 4.36. The second kappa shape index (κ2) is 6.60. The standard InChI is InChI=1S/C17H25N3O/c1-2-7-19-8-10-20(11-9-19)13-17-15(12-18)14-5-3-4-6-16(14)21-17/h3-6H,2,7-13,18H2,1H3. The van der Waals surface area contributed by atoms with Crippen molar-refractivity contribution < 1.29 is 4.42 Å². The Morgan fingerprint density at radius 2 is 1.81 bits per heavy atom. The number of hydrogen-bond donors (Lipinski definition) is 1. The average Bonchev–Trinajstić information content (AvgIpc) is 2.86. The largest absolute Gasteiger partial charge is 0.459 e. The number of nitrogens with zero attached hydrogens (tertiary/aromatic N) is 2. The van der Waals surface area contributed by atoms with Crippen molar-refractivity contribution in [3.8, 4) is 0 Å². The van der Waals surface area contributed by atoms with Crippen molar-refractivity contribution in [2.24, 2.45) is 5.73 Å². The molecule has 114 valence electrons. The molecular weight excluding hydrogens is 262 g/mol. The minimum Gasteiger partial charge on any atom is -0.459 e. The van der Waals surface area contributed by atoms with Gasteiger partial charge < -0.3 is 15.1 Å². The van der Waals surface area contributed by atoms with Gasteiger partial charge in [-0.1, -0.05) is 25.1 Å². The molecule has 2 heterocycles. The van der Waals surface area contributed by atoms with Crippen LogP contribution in [0.2, 0.25) is 0 Å². The summed E-state index contributed by atoms with van der Waals surface area (Å²) in [6.45, 7) is 9.42. The zero-order chi connectivity index (χ0) is 14.7. The van der Waals surface area contributed by atoms with Crippen LogP contribution in [-0.2, 0) is 13.1 Å². The molecule has 1 aromatic heterocycles. The number of benzene rings is 1. The number of hydrogen-bond acceptors (Lipinski definition) is 4. The maximum atomic E-state index is 6.03. The van der Waals surface area contributed by atoms with Crippen LogP contribution in [0.4, 0.5) is 0 Å². The molecule has 21 heavy (non-hydrogen) atoms. The summed E-state index contributed by atoms with van der Waals surface area (Å²) < 4.78 is 6.03. The van der Waals surface area contributed by atoms with Crippen molar-refractivity contribution in [1.29, 1.82) is 0 Å². The van der Waals surface area contributed by atoms with Gasteiger partial charge in [-0.25, -0.2) is 0 Å². The van der Waals surface area contributed by atoms with E-state index in [-0.39, 0.29) is 0 Å². The lowest BCUT2D eigenvalue weighted by atomic mass is 10.1. The lowest BCUT2D eigenvalue weighted by Crippen LogP contribution is -2.46. The Morgan fingerprint density at radius 3 is 2.52 bits per heavy atom. The molecule has 0 radical (unpaired) electrons. The molecule has 0 aliphatic carbocycles. The Labute approximate surface area is 126 Å². The molecule has 0 unspecified atom stereocenters. The Bertz CT molecular complexity index is 585. The van der Waals surface area contributed by atoms with E-state index in [4.69, 9.17) is 10.2 Å². The fourth-order valence-electron chi connectivity index (χ4n) is 3.19. The van der Waals surface area contributed by atoms with Gasteiger partial charge in [-0.15, -0.1) is 0 Å². The van der Waals surface area contributed by atoms with Gasteiger partial charge in [-0.2, -0.15) is 0 Å². The van der Waals surface area contributed by atoms with Crippen LogP contribution in [0.5, 0.6) is 0 Å². The minimum atomic E-state index is 0.544. The highest BCUT2D eigenvalue weighted by Crippen LogP contribution is 2.26. The number of nitrogens with two attached hydrogens (primary N) is 1. The minimum absolute atomic E-state index is 0.544. The molecule has 2 aromatic rings. The summed E-state index contributed by atoms with van der Waals surface area (Å²) in [5.74, 6) is 1.04. The summed E-state index contributed by atoms with van der Waals surface area (Å²) in [5.41, 5.74) is 8.07. The van der Waals surface area contributed by atoms with Crippen LogP contribution >= 0.6 is 0 Å². The number of para-hydroxylation sites is 1. The highest BCUT2D eigenvalue weighted by atomic mass is 16.3. The van der Waals surface area contributed by atoms with Crippen molar-refractivity contribution >= 4 is 11.0 Å². The highest BCUT2D eigenvalue weighted by molar-refractivity contribution is 5.82. The molecule has 1 aromatic carbocycles. The Morgan fingerprint density at radius 1 is 1.10 bits per heavy atom. The van der Waals surface area contributed by atoms with E-state index in [0.29, 0.717) is 6.54 Å². The summed E-state index contributed by atoms with van der Waals surface area (Å²) in [6, 6.07) is 8.19. The van der Waals surface area contributed by atoms with Gasteiger partial charge >= 0.3 is 0 Å². The topological polar surface area (TPSA) is 45.6 Å². The average molecular weight is 287 g/mol. The van der Waals surface area contributed by atoms with Gasteiger partial charge in [0.1, 0.15) is 11.3 Å². The zero-order valence-corrected chi connectivity index (χ0v) is 12.8. The van der Waals surface area contributed by atoms with Gasteiger partial charge in [0.05, 0.1) is 6.54 Å². The molecule has 0 saturated carbocycles. The fourth-order valence-corrected chi connectivity index (χ4v) is 3.19. The Balaban J connectivity index is 1.71. The molecule has 1 saturated heterocycles. The van der Waals surface area contributed by atoms with Crippen LogP contribution in [0.1, 0.15) is 24.7 Å². The highest BCUT2D eigenvalue weighted by Gasteiger charge is 2.20. The van der Waals surface area contributed by atoms with Crippen LogP contribution in [0.3, 0.4) is 0 Å². The molecule has 0 spiro atoms. The van der Waals surface area contributed by atoms with Gasteiger partial charge in [0.15, 0.2) is 0 Å². The van der Waals surface area contributed by atoms with Crippen molar-refractivity contribution in [1.82, 2.24) is 9.80 Å². The van der Waals surface area contributed by atoms with Gasteiger partial charge in [-0.05, 0) is 19.0 Å². The van der Waals surface area contributed by atoms with Crippen molar-refractivity contribution in [2.75, 3.05) is 32.7 Å². The van der Waals surface area contributed by atoms with E-state index in [1.54, 1.807) is 0 Å².